The highest BCUT2D eigenvalue weighted by Crippen LogP contribution is 2.13. The molecule has 2 heterocycles. The van der Waals surface area contributed by atoms with Gasteiger partial charge in [0.15, 0.2) is 0 Å². The van der Waals surface area contributed by atoms with Gasteiger partial charge in [-0.1, -0.05) is 5.21 Å². The molecular formula is C12H16N6O3. The predicted octanol–water partition coefficient (Wildman–Crippen LogP) is 0.472. The van der Waals surface area contributed by atoms with Crippen molar-refractivity contribution < 1.29 is 14.6 Å². The molecule has 2 aromatic heterocycles. The summed E-state index contributed by atoms with van der Waals surface area (Å²) in [7, 11) is 0. The summed E-state index contributed by atoms with van der Waals surface area (Å²) in [6.45, 7) is 4.34. The Bertz CT molecular complexity index is 627. The number of ether oxygens (including phenoxy) is 1. The second-order valence-corrected chi connectivity index (χ2v) is 4.23. The first-order valence-electron chi connectivity index (χ1n) is 6.40. The van der Waals surface area contributed by atoms with Gasteiger partial charge in [-0.05, 0) is 13.8 Å². The van der Waals surface area contributed by atoms with Crippen LogP contribution in [-0.2, 0) is 17.9 Å². The molecule has 0 aliphatic carbocycles. The van der Waals surface area contributed by atoms with Crippen LogP contribution in [0.3, 0.4) is 0 Å². The first-order valence-corrected chi connectivity index (χ1v) is 6.40. The summed E-state index contributed by atoms with van der Waals surface area (Å²) >= 11 is 0. The van der Waals surface area contributed by atoms with Crippen molar-refractivity contribution >= 4 is 11.8 Å². The van der Waals surface area contributed by atoms with Crippen molar-refractivity contribution in [1.29, 1.82) is 0 Å². The number of rotatable bonds is 7. The molecule has 0 unspecified atom stereocenters. The Morgan fingerprint density at radius 1 is 1.48 bits per heavy atom. The SMILES string of the molecule is CCOc1cc(NCc2cn(CC(=O)O)nn2)nc(C)n1. The van der Waals surface area contributed by atoms with E-state index < -0.39 is 5.97 Å². The van der Waals surface area contributed by atoms with Crippen molar-refractivity contribution in [2.45, 2.75) is 26.9 Å². The number of aromatic nitrogens is 5. The largest absolute Gasteiger partial charge is 0.480 e. The van der Waals surface area contributed by atoms with Gasteiger partial charge in [0.2, 0.25) is 5.88 Å². The number of carboxylic acid groups (broad SMARTS) is 1. The molecule has 0 saturated heterocycles. The Labute approximate surface area is 121 Å². The number of hydrogen-bond acceptors (Lipinski definition) is 7. The number of nitrogens with zero attached hydrogens (tertiary/aromatic N) is 5. The standard InChI is InChI=1S/C12H16N6O3/c1-3-21-11-4-10(14-8(2)15-11)13-5-9-6-18(17-16-9)7-12(19)20/h4,6H,3,5,7H2,1-2H3,(H,19,20)(H,13,14,15). The summed E-state index contributed by atoms with van der Waals surface area (Å²) in [6, 6.07) is 1.69. The first-order chi connectivity index (χ1) is 10.1. The minimum absolute atomic E-state index is 0.214. The molecule has 9 heteroatoms. The van der Waals surface area contributed by atoms with E-state index in [1.165, 1.54) is 4.68 Å². The Hall–Kier alpha value is -2.71. The number of aliphatic carboxylic acids is 1. The van der Waals surface area contributed by atoms with Crippen LogP contribution in [0, 0.1) is 6.92 Å². The molecule has 0 aromatic carbocycles. The van der Waals surface area contributed by atoms with Crippen LogP contribution in [0.1, 0.15) is 18.4 Å². The highest BCUT2D eigenvalue weighted by molar-refractivity contribution is 5.66. The Morgan fingerprint density at radius 3 is 3.00 bits per heavy atom. The van der Waals surface area contributed by atoms with Crippen LogP contribution in [0.4, 0.5) is 5.82 Å². The number of nitrogens with one attached hydrogen (secondary N) is 1. The van der Waals surface area contributed by atoms with Gasteiger partial charge in [-0.3, -0.25) is 4.79 Å². The van der Waals surface area contributed by atoms with Crippen molar-refractivity contribution in [3.63, 3.8) is 0 Å². The van der Waals surface area contributed by atoms with Gasteiger partial charge in [-0.2, -0.15) is 4.98 Å². The van der Waals surface area contributed by atoms with Crippen molar-refractivity contribution in [2.75, 3.05) is 11.9 Å². The van der Waals surface area contributed by atoms with E-state index in [-0.39, 0.29) is 6.54 Å². The summed E-state index contributed by atoms with van der Waals surface area (Å²) in [5.74, 6) is 0.742. The zero-order chi connectivity index (χ0) is 15.2. The maximum Gasteiger partial charge on any atom is 0.325 e. The molecule has 2 rings (SSSR count). The number of carbonyl (C=O) groups is 1. The monoisotopic (exact) mass is 292 g/mol. The van der Waals surface area contributed by atoms with Crippen molar-refractivity contribution in [2.24, 2.45) is 0 Å². The van der Waals surface area contributed by atoms with Crippen molar-refractivity contribution in [1.82, 2.24) is 25.0 Å². The molecule has 0 atom stereocenters. The van der Waals surface area contributed by atoms with Gasteiger partial charge < -0.3 is 15.2 Å². The van der Waals surface area contributed by atoms with Crippen molar-refractivity contribution in [3.8, 4) is 5.88 Å². The van der Waals surface area contributed by atoms with E-state index in [0.29, 0.717) is 36.4 Å². The Kier molecular flexibility index (Phi) is 4.64. The van der Waals surface area contributed by atoms with E-state index >= 15 is 0 Å². The highest BCUT2D eigenvalue weighted by Gasteiger charge is 2.06. The van der Waals surface area contributed by atoms with Gasteiger partial charge >= 0.3 is 5.97 Å². The Balaban J connectivity index is 1.99. The number of aryl methyl sites for hydroxylation is 1. The molecule has 0 fully saturated rings. The molecule has 0 bridgehead atoms. The zero-order valence-corrected chi connectivity index (χ0v) is 11.8. The zero-order valence-electron chi connectivity index (χ0n) is 11.8. The van der Waals surface area contributed by atoms with Crippen LogP contribution < -0.4 is 10.1 Å². The van der Waals surface area contributed by atoms with E-state index in [2.05, 4.69) is 25.6 Å². The van der Waals surface area contributed by atoms with Gasteiger partial charge in [0, 0.05) is 6.07 Å². The molecule has 0 spiro atoms. The fraction of sp³-hybridized carbons (Fsp3) is 0.417. The molecule has 21 heavy (non-hydrogen) atoms. The van der Waals surface area contributed by atoms with Crippen LogP contribution in [0.5, 0.6) is 5.88 Å². The van der Waals surface area contributed by atoms with Gasteiger partial charge in [0.1, 0.15) is 23.9 Å². The maximum atomic E-state index is 10.6. The highest BCUT2D eigenvalue weighted by atomic mass is 16.5. The minimum Gasteiger partial charge on any atom is -0.480 e. The third-order valence-electron chi connectivity index (χ3n) is 2.44. The maximum absolute atomic E-state index is 10.6. The van der Waals surface area contributed by atoms with Gasteiger partial charge in [0.05, 0.1) is 19.3 Å². The molecule has 112 valence electrons. The van der Waals surface area contributed by atoms with E-state index in [1.807, 2.05) is 6.92 Å². The number of hydrogen-bond donors (Lipinski definition) is 2. The van der Waals surface area contributed by atoms with Crippen LogP contribution in [-0.4, -0.2) is 42.6 Å². The fourth-order valence-electron chi connectivity index (χ4n) is 1.67. The molecule has 0 radical (unpaired) electrons. The second-order valence-electron chi connectivity index (χ2n) is 4.23. The molecule has 9 nitrogen and oxygen atoms in total. The third kappa shape index (κ3) is 4.41. The van der Waals surface area contributed by atoms with Crippen molar-refractivity contribution in [3.05, 3.63) is 23.8 Å². The Morgan fingerprint density at radius 2 is 2.29 bits per heavy atom. The molecular weight excluding hydrogens is 276 g/mol. The van der Waals surface area contributed by atoms with E-state index in [9.17, 15) is 4.79 Å². The molecule has 2 aromatic rings. The summed E-state index contributed by atoms with van der Waals surface area (Å²) < 4.78 is 6.60. The van der Waals surface area contributed by atoms with Crippen LogP contribution in [0.15, 0.2) is 12.3 Å². The average Bonchev–Trinajstić information content (AvgIpc) is 2.83. The molecule has 0 aliphatic heterocycles. The van der Waals surface area contributed by atoms with E-state index in [1.54, 1.807) is 19.2 Å². The number of carboxylic acids is 1. The lowest BCUT2D eigenvalue weighted by Gasteiger charge is -2.07. The van der Waals surface area contributed by atoms with Crippen LogP contribution in [0.2, 0.25) is 0 Å². The molecule has 0 aliphatic rings. The normalized spacial score (nSPS) is 10.4. The topological polar surface area (TPSA) is 115 Å². The smallest absolute Gasteiger partial charge is 0.325 e. The van der Waals surface area contributed by atoms with E-state index in [0.717, 1.165) is 0 Å². The first kappa shape index (κ1) is 14.7. The third-order valence-corrected chi connectivity index (χ3v) is 2.44. The lowest BCUT2D eigenvalue weighted by molar-refractivity contribution is -0.137. The number of anilines is 1. The minimum atomic E-state index is -0.966. The second kappa shape index (κ2) is 6.64. The van der Waals surface area contributed by atoms with Gasteiger partial charge in [-0.25, -0.2) is 9.67 Å². The van der Waals surface area contributed by atoms with Gasteiger partial charge in [0.25, 0.3) is 0 Å². The fourth-order valence-corrected chi connectivity index (χ4v) is 1.67. The van der Waals surface area contributed by atoms with Crippen LogP contribution in [0.25, 0.3) is 0 Å². The van der Waals surface area contributed by atoms with E-state index in [4.69, 9.17) is 9.84 Å². The summed E-state index contributed by atoms with van der Waals surface area (Å²) in [4.78, 5) is 18.9. The predicted molar refractivity (Wildman–Crippen MR) is 72.9 cm³/mol. The summed E-state index contributed by atoms with van der Waals surface area (Å²) in [5, 5.41) is 19.3. The quantitative estimate of drug-likeness (QED) is 0.756. The summed E-state index contributed by atoms with van der Waals surface area (Å²) in [5.41, 5.74) is 0.616. The molecule has 0 amide bonds. The molecule has 2 N–H and O–H groups in total. The lowest BCUT2D eigenvalue weighted by Crippen LogP contribution is -2.09. The van der Waals surface area contributed by atoms with Gasteiger partial charge in [-0.15, -0.1) is 5.10 Å². The van der Waals surface area contributed by atoms with Crippen LogP contribution >= 0.6 is 0 Å². The average molecular weight is 292 g/mol. The lowest BCUT2D eigenvalue weighted by atomic mass is 10.4. The summed E-state index contributed by atoms with van der Waals surface area (Å²) in [6.07, 6.45) is 1.57. The molecule has 0 saturated carbocycles.